The van der Waals surface area contributed by atoms with Gasteiger partial charge in [-0.25, -0.2) is 0 Å². The van der Waals surface area contributed by atoms with Crippen LogP contribution in [0, 0.1) is 0 Å². The Labute approximate surface area is 58.5 Å². The standard InChI is InChI=1S/C4H5NO2.C2H4O/c6-3-1-2-4(7)5-3;1-2-3-1/h1-2H2,(H,5,6,7);1-2H2. The molecule has 0 unspecified atom stereocenters. The number of ether oxygens (including phenoxy) is 1. The first kappa shape index (κ1) is 7.21. The molecule has 0 aromatic carbocycles. The van der Waals surface area contributed by atoms with Gasteiger partial charge in [-0.05, 0) is 0 Å². The number of carbonyl (C=O) groups excluding carboxylic acids is 2. The number of carbonyl (C=O) groups is 2. The van der Waals surface area contributed by atoms with E-state index in [1.54, 1.807) is 0 Å². The molecule has 2 amide bonds. The number of nitrogens with one attached hydrogen (secondary N) is 1. The Balaban J connectivity index is 0.000000138. The van der Waals surface area contributed by atoms with E-state index in [-0.39, 0.29) is 11.8 Å². The highest BCUT2D eigenvalue weighted by Crippen LogP contribution is 1.95. The van der Waals surface area contributed by atoms with Gasteiger partial charge in [0.1, 0.15) is 0 Å². The van der Waals surface area contributed by atoms with Crippen LogP contribution in [0.25, 0.3) is 0 Å². The highest BCUT2D eigenvalue weighted by molar-refractivity contribution is 6.01. The van der Waals surface area contributed by atoms with Gasteiger partial charge in [-0.15, -0.1) is 0 Å². The van der Waals surface area contributed by atoms with Gasteiger partial charge in [0.25, 0.3) is 0 Å². The number of amides is 2. The minimum Gasteiger partial charge on any atom is -0.377 e. The summed E-state index contributed by atoms with van der Waals surface area (Å²) in [7, 11) is 0. The maximum Gasteiger partial charge on any atom is 0.227 e. The van der Waals surface area contributed by atoms with Crippen LogP contribution in [0.5, 0.6) is 0 Å². The quantitative estimate of drug-likeness (QED) is 0.365. The van der Waals surface area contributed by atoms with Gasteiger partial charge in [0.15, 0.2) is 0 Å². The SMILES string of the molecule is C1CO1.O=C1CCC(=O)N1. The Kier molecular flexibility index (Phi) is 2.39. The van der Waals surface area contributed by atoms with E-state index >= 15 is 0 Å². The van der Waals surface area contributed by atoms with Crippen molar-refractivity contribution in [3.8, 4) is 0 Å². The Morgan fingerprint density at radius 1 is 1.10 bits per heavy atom. The molecule has 0 bridgehead atoms. The molecule has 4 nitrogen and oxygen atoms in total. The maximum absolute atomic E-state index is 10.1. The molecular formula is C6H9NO3. The summed E-state index contributed by atoms with van der Waals surface area (Å²) in [6, 6.07) is 0. The van der Waals surface area contributed by atoms with Crippen LogP contribution in [-0.2, 0) is 14.3 Å². The van der Waals surface area contributed by atoms with Crippen molar-refractivity contribution < 1.29 is 14.3 Å². The molecule has 0 aromatic heterocycles. The highest BCUT2D eigenvalue weighted by atomic mass is 16.6. The fourth-order valence-electron chi connectivity index (χ4n) is 0.508. The average molecular weight is 143 g/mol. The first-order chi connectivity index (χ1) is 4.79. The Morgan fingerprint density at radius 3 is 1.60 bits per heavy atom. The van der Waals surface area contributed by atoms with Crippen LogP contribution in [-0.4, -0.2) is 25.0 Å². The lowest BCUT2D eigenvalue weighted by Crippen LogP contribution is -2.18. The van der Waals surface area contributed by atoms with Crippen molar-refractivity contribution in [1.29, 1.82) is 0 Å². The van der Waals surface area contributed by atoms with Crippen LogP contribution in [0.3, 0.4) is 0 Å². The van der Waals surface area contributed by atoms with Crippen molar-refractivity contribution in [2.24, 2.45) is 0 Å². The molecule has 56 valence electrons. The van der Waals surface area contributed by atoms with Gasteiger partial charge >= 0.3 is 0 Å². The predicted molar refractivity (Wildman–Crippen MR) is 33.2 cm³/mol. The lowest BCUT2D eigenvalue weighted by atomic mass is 10.4. The molecule has 0 atom stereocenters. The van der Waals surface area contributed by atoms with Crippen LogP contribution >= 0.6 is 0 Å². The molecule has 0 radical (unpaired) electrons. The molecule has 2 rings (SSSR count). The van der Waals surface area contributed by atoms with Gasteiger partial charge in [-0.1, -0.05) is 0 Å². The van der Waals surface area contributed by atoms with Gasteiger partial charge in [-0.2, -0.15) is 0 Å². The Bertz CT molecular complexity index is 136. The van der Waals surface area contributed by atoms with Crippen LogP contribution in [0.2, 0.25) is 0 Å². The molecule has 10 heavy (non-hydrogen) atoms. The van der Waals surface area contributed by atoms with Crippen LogP contribution < -0.4 is 5.32 Å². The second-order valence-electron chi connectivity index (χ2n) is 2.08. The molecule has 0 aliphatic carbocycles. The van der Waals surface area contributed by atoms with Crippen molar-refractivity contribution in [2.75, 3.05) is 13.2 Å². The largest absolute Gasteiger partial charge is 0.377 e. The number of hydrogen-bond donors (Lipinski definition) is 1. The van der Waals surface area contributed by atoms with Gasteiger partial charge in [0.05, 0.1) is 13.2 Å². The third kappa shape index (κ3) is 3.19. The van der Waals surface area contributed by atoms with Crippen molar-refractivity contribution >= 4 is 11.8 Å². The summed E-state index contributed by atoms with van der Waals surface area (Å²) in [5.74, 6) is -0.296. The molecule has 0 aromatic rings. The van der Waals surface area contributed by atoms with Gasteiger partial charge in [0.2, 0.25) is 11.8 Å². The minimum absolute atomic E-state index is 0.148. The van der Waals surface area contributed by atoms with Crippen molar-refractivity contribution in [1.82, 2.24) is 5.32 Å². The van der Waals surface area contributed by atoms with Gasteiger partial charge < -0.3 is 4.74 Å². The zero-order chi connectivity index (χ0) is 7.40. The zero-order valence-electron chi connectivity index (χ0n) is 5.55. The van der Waals surface area contributed by atoms with E-state index in [4.69, 9.17) is 0 Å². The summed E-state index contributed by atoms with van der Waals surface area (Å²) in [4.78, 5) is 20.2. The van der Waals surface area contributed by atoms with Crippen molar-refractivity contribution in [3.05, 3.63) is 0 Å². The van der Waals surface area contributed by atoms with Crippen LogP contribution in [0.15, 0.2) is 0 Å². The molecule has 2 aliphatic rings. The molecule has 2 fully saturated rings. The van der Waals surface area contributed by atoms with E-state index in [0.717, 1.165) is 13.2 Å². The Morgan fingerprint density at radius 2 is 1.50 bits per heavy atom. The summed E-state index contributed by atoms with van der Waals surface area (Å²) in [5.41, 5.74) is 0. The number of imide groups is 1. The fourth-order valence-corrected chi connectivity index (χ4v) is 0.508. The molecule has 4 heteroatoms. The van der Waals surface area contributed by atoms with Crippen molar-refractivity contribution in [3.63, 3.8) is 0 Å². The minimum atomic E-state index is -0.148. The summed E-state index contributed by atoms with van der Waals surface area (Å²) in [6.45, 7) is 2.00. The Hall–Kier alpha value is -0.900. The van der Waals surface area contributed by atoms with E-state index in [2.05, 4.69) is 10.1 Å². The fraction of sp³-hybridized carbons (Fsp3) is 0.667. The zero-order valence-corrected chi connectivity index (χ0v) is 5.55. The van der Waals surface area contributed by atoms with E-state index in [0.29, 0.717) is 12.8 Å². The summed E-state index contributed by atoms with van der Waals surface area (Å²) < 4.78 is 4.50. The second kappa shape index (κ2) is 3.31. The predicted octanol–water partition coefficient (Wildman–Crippen LogP) is -0.560. The highest BCUT2D eigenvalue weighted by Gasteiger charge is 2.15. The third-order valence-corrected chi connectivity index (χ3v) is 1.06. The summed E-state index contributed by atoms with van der Waals surface area (Å²) in [5, 5.41) is 2.14. The first-order valence-electron chi connectivity index (χ1n) is 3.19. The maximum atomic E-state index is 10.1. The lowest BCUT2D eigenvalue weighted by molar-refractivity contribution is -0.124. The van der Waals surface area contributed by atoms with E-state index in [1.165, 1.54) is 0 Å². The molecular weight excluding hydrogens is 134 g/mol. The van der Waals surface area contributed by atoms with Gasteiger partial charge in [-0.3, -0.25) is 14.9 Å². The van der Waals surface area contributed by atoms with Gasteiger partial charge in [0, 0.05) is 12.8 Å². The van der Waals surface area contributed by atoms with E-state index < -0.39 is 0 Å². The topological polar surface area (TPSA) is 58.7 Å². The average Bonchev–Trinajstić information content (AvgIpc) is 2.67. The van der Waals surface area contributed by atoms with Crippen LogP contribution in [0.4, 0.5) is 0 Å². The van der Waals surface area contributed by atoms with E-state index in [1.807, 2.05) is 0 Å². The summed E-state index contributed by atoms with van der Waals surface area (Å²) in [6.07, 6.45) is 0.748. The molecule has 0 saturated carbocycles. The summed E-state index contributed by atoms with van der Waals surface area (Å²) >= 11 is 0. The normalized spacial score (nSPS) is 21.2. The molecule has 2 saturated heterocycles. The van der Waals surface area contributed by atoms with Crippen LogP contribution in [0.1, 0.15) is 12.8 Å². The molecule has 1 N–H and O–H groups in total. The third-order valence-electron chi connectivity index (χ3n) is 1.06. The monoisotopic (exact) mass is 143 g/mol. The molecule has 0 spiro atoms. The first-order valence-corrected chi connectivity index (χ1v) is 3.19. The number of epoxide rings is 1. The molecule has 2 aliphatic heterocycles. The second-order valence-corrected chi connectivity index (χ2v) is 2.08. The van der Waals surface area contributed by atoms with E-state index in [9.17, 15) is 9.59 Å². The number of hydrogen-bond acceptors (Lipinski definition) is 3. The van der Waals surface area contributed by atoms with Crippen molar-refractivity contribution in [2.45, 2.75) is 12.8 Å². The lowest BCUT2D eigenvalue weighted by Gasteiger charge is -1.79. The number of rotatable bonds is 0. The smallest absolute Gasteiger partial charge is 0.227 e. The molecule has 2 heterocycles.